The predicted molar refractivity (Wildman–Crippen MR) is 129 cm³/mol. The molecule has 8 nitrogen and oxygen atoms in total. The Kier molecular flexibility index (Phi) is 6.33. The van der Waals surface area contributed by atoms with Gasteiger partial charge in [-0.2, -0.15) is 10.1 Å². The van der Waals surface area contributed by atoms with E-state index in [-0.39, 0.29) is 17.7 Å². The lowest BCUT2D eigenvalue weighted by molar-refractivity contribution is -0.114. The van der Waals surface area contributed by atoms with E-state index in [1.807, 2.05) is 36.9 Å². The van der Waals surface area contributed by atoms with Crippen molar-refractivity contribution in [3.63, 3.8) is 0 Å². The molecule has 1 aromatic carbocycles. The van der Waals surface area contributed by atoms with Crippen LogP contribution in [0.25, 0.3) is 0 Å². The van der Waals surface area contributed by atoms with Gasteiger partial charge < -0.3 is 10.3 Å². The number of amides is 3. The molecule has 4 rings (SSSR count). The van der Waals surface area contributed by atoms with Crippen molar-refractivity contribution in [2.75, 3.05) is 18.1 Å². The smallest absolute Gasteiger partial charge is 0.282 e. The van der Waals surface area contributed by atoms with Gasteiger partial charge in [-0.15, -0.1) is 11.3 Å². The molecule has 3 heterocycles. The standard InChI is InChI=1S/C24H27N5O3S/c1-14-7-8-18(13-15(14)2)29-24(32)21(17(4)27-29)16(3)25-26-22(30)19-9-10-20(33-19)23(31)28-11-5-6-12-28/h7-10,13,25H,5-6,11-12H2,1-4H3,(H,26,30)/b21-16-. The zero-order valence-electron chi connectivity index (χ0n) is 19.2. The Morgan fingerprint density at radius 3 is 2.36 bits per heavy atom. The van der Waals surface area contributed by atoms with Gasteiger partial charge in [0.05, 0.1) is 26.7 Å². The van der Waals surface area contributed by atoms with Crippen molar-refractivity contribution >= 4 is 40.5 Å². The number of thiophene rings is 1. The molecule has 2 aliphatic heterocycles. The number of allylic oxidation sites excluding steroid dienone is 1. The number of hydrazone groups is 1. The minimum absolute atomic E-state index is 0.0300. The third-order valence-corrected chi connectivity index (χ3v) is 7.00. The molecule has 172 valence electrons. The summed E-state index contributed by atoms with van der Waals surface area (Å²) in [5.41, 5.74) is 9.83. The van der Waals surface area contributed by atoms with Crippen molar-refractivity contribution in [2.45, 2.75) is 40.5 Å². The maximum atomic E-state index is 13.0. The van der Waals surface area contributed by atoms with Crippen molar-refractivity contribution in [3.8, 4) is 0 Å². The fourth-order valence-corrected chi connectivity index (χ4v) is 4.76. The van der Waals surface area contributed by atoms with Gasteiger partial charge in [0, 0.05) is 18.8 Å². The van der Waals surface area contributed by atoms with Crippen molar-refractivity contribution in [3.05, 3.63) is 62.5 Å². The highest BCUT2D eigenvalue weighted by Crippen LogP contribution is 2.26. The van der Waals surface area contributed by atoms with Gasteiger partial charge in [-0.05, 0) is 75.9 Å². The summed E-state index contributed by atoms with van der Waals surface area (Å²) < 4.78 is 0. The highest BCUT2D eigenvalue weighted by molar-refractivity contribution is 7.15. The van der Waals surface area contributed by atoms with Gasteiger partial charge in [0.15, 0.2) is 0 Å². The fourth-order valence-electron chi connectivity index (χ4n) is 3.90. The monoisotopic (exact) mass is 465 g/mol. The second kappa shape index (κ2) is 9.19. The van der Waals surface area contributed by atoms with Crippen LogP contribution in [0.1, 0.15) is 57.2 Å². The maximum Gasteiger partial charge on any atom is 0.282 e. The molecule has 1 saturated heterocycles. The Bertz CT molecular complexity index is 1190. The summed E-state index contributed by atoms with van der Waals surface area (Å²) in [7, 11) is 0. The van der Waals surface area contributed by atoms with Gasteiger partial charge in [0.2, 0.25) is 0 Å². The van der Waals surface area contributed by atoms with Crippen molar-refractivity contribution in [1.82, 2.24) is 15.8 Å². The minimum Gasteiger partial charge on any atom is -0.338 e. The maximum absolute atomic E-state index is 13.0. The SMILES string of the molecule is CC1=NN(c2ccc(C)c(C)c2)C(=O)/C1=C(/C)NNC(=O)c1ccc(C(=O)N2CCCC2)s1. The molecule has 1 fully saturated rings. The summed E-state index contributed by atoms with van der Waals surface area (Å²) in [4.78, 5) is 40.9. The van der Waals surface area contributed by atoms with Gasteiger partial charge >= 0.3 is 0 Å². The molecule has 0 unspecified atom stereocenters. The van der Waals surface area contributed by atoms with Crippen molar-refractivity contribution in [1.29, 1.82) is 0 Å². The topological polar surface area (TPSA) is 94.1 Å². The van der Waals surface area contributed by atoms with Crippen LogP contribution in [0.2, 0.25) is 0 Å². The Morgan fingerprint density at radius 2 is 1.67 bits per heavy atom. The van der Waals surface area contributed by atoms with Crippen LogP contribution in [0.4, 0.5) is 5.69 Å². The normalized spacial score (nSPS) is 17.3. The van der Waals surface area contributed by atoms with E-state index >= 15 is 0 Å². The largest absolute Gasteiger partial charge is 0.338 e. The first-order valence-corrected chi connectivity index (χ1v) is 11.7. The molecule has 1 aromatic heterocycles. The van der Waals surface area contributed by atoms with Crippen molar-refractivity contribution in [2.24, 2.45) is 5.10 Å². The lowest BCUT2D eigenvalue weighted by atomic mass is 10.1. The van der Waals surface area contributed by atoms with Gasteiger partial charge in [0.1, 0.15) is 0 Å². The van der Waals surface area contributed by atoms with Crippen molar-refractivity contribution < 1.29 is 14.4 Å². The molecule has 0 radical (unpaired) electrons. The number of nitrogens with zero attached hydrogens (tertiary/aromatic N) is 3. The summed E-state index contributed by atoms with van der Waals surface area (Å²) in [5.74, 6) is -0.659. The number of benzene rings is 1. The number of aryl methyl sites for hydroxylation is 2. The number of hydrazine groups is 1. The Morgan fingerprint density at radius 1 is 0.970 bits per heavy atom. The van der Waals surface area contributed by atoms with E-state index in [1.54, 1.807) is 26.0 Å². The first-order chi connectivity index (χ1) is 15.8. The van der Waals surface area contributed by atoms with E-state index in [2.05, 4.69) is 16.0 Å². The highest BCUT2D eigenvalue weighted by Gasteiger charge is 2.31. The zero-order valence-corrected chi connectivity index (χ0v) is 20.0. The zero-order chi connectivity index (χ0) is 23.7. The first-order valence-electron chi connectivity index (χ1n) is 10.9. The molecule has 2 aliphatic rings. The van der Waals surface area contributed by atoms with Crippen LogP contribution in [0.15, 0.2) is 46.7 Å². The van der Waals surface area contributed by atoms with Crippen LogP contribution in [0.3, 0.4) is 0 Å². The van der Waals surface area contributed by atoms with Crippen LogP contribution < -0.4 is 15.9 Å². The Labute approximate surface area is 196 Å². The number of hydrogen-bond donors (Lipinski definition) is 2. The number of rotatable bonds is 5. The molecule has 0 aliphatic carbocycles. The van der Waals surface area contributed by atoms with Gasteiger partial charge in [-0.3, -0.25) is 19.8 Å². The molecule has 0 atom stereocenters. The van der Waals surface area contributed by atoms with E-state index in [0.717, 1.165) is 48.4 Å². The molecule has 33 heavy (non-hydrogen) atoms. The molecule has 2 aromatic rings. The van der Waals surface area contributed by atoms with Crippen LogP contribution in [0.5, 0.6) is 0 Å². The van der Waals surface area contributed by atoms with Crippen LogP contribution >= 0.6 is 11.3 Å². The lowest BCUT2D eigenvalue weighted by Gasteiger charge is -2.14. The molecule has 9 heteroatoms. The summed E-state index contributed by atoms with van der Waals surface area (Å²) in [6.45, 7) is 9.01. The summed E-state index contributed by atoms with van der Waals surface area (Å²) in [5, 5.41) is 5.78. The van der Waals surface area contributed by atoms with E-state index in [9.17, 15) is 14.4 Å². The fraction of sp³-hybridized carbons (Fsp3) is 0.333. The third-order valence-electron chi connectivity index (χ3n) is 5.93. The molecule has 3 amide bonds. The molecule has 2 N–H and O–H groups in total. The number of anilines is 1. The van der Waals surface area contributed by atoms with E-state index in [4.69, 9.17) is 0 Å². The number of carbonyl (C=O) groups excluding carboxylic acids is 3. The van der Waals surface area contributed by atoms with E-state index < -0.39 is 0 Å². The first kappa shape index (κ1) is 22.7. The predicted octanol–water partition coefficient (Wildman–Crippen LogP) is 3.53. The number of nitrogens with one attached hydrogen (secondary N) is 2. The second-order valence-electron chi connectivity index (χ2n) is 8.31. The van der Waals surface area contributed by atoms with Gasteiger partial charge in [-0.25, -0.2) is 0 Å². The minimum atomic E-state index is -0.369. The molecule has 0 bridgehead atoms. The van der Waals surface area contributed by atoms with E-state index in [1.165, 1.54) is 5.01 Å². The quantitative estimate of drug-likeness (QED) is 0.522. The number of carbonyl (C=O) groups is 3. The summed E-state index contributed by atoms with van der Waals surface area (Å²) in [6, 6.07) is 9.07. The van der Waals surface area contributed by atoms with Crippen LogP contribution in [-0.4, -0.2) is 41.4 Å². The van der Waals surface area contributed by atoms with Gasteiger partial charge in [-0.1, -0.05) is 6.07 Å². The molecule has 0 spiro atoms. The van der Waals surface area contributed by atoms with Gasteiger partial charge in [0.25, 0.3) is 17.7 Å². The van der Waals surface area contributed by atoms with Crippen LogP contribution in [-0.2, 0) is 4.79 Å². The molecular formula is C24H27N5O3S. The number of hydrogen-bond acceptors (Lipinski definition) is 6. The lowest BCUT2D eigenvalue weighted by Crippen LogP contribution is -2.37. The summed E-state index contributed by atoms with van der Waals surface area (Å²) in [6.07, 6.45) is 2.04. The summed E-state index contributed by atoms with van der Waals surface area (Å²) >= 11 is 1.16. The molecule has 0 saturated carbocycles. The van der Waals surface area contributed by atoms with E-state index in [0.29, 0.717) is 32.4 Å². The average molecular weight is 466 g/mol. The average Bonchev–Trinajstić information content (AvgIpc) is 3.54. The second-order valence-corrected chi connectivity index (χ2v) is 9.40. The van der Waals surface area contributed by atoms with Crippen LogP contribution in [0, 0.1) is 13.8 Å². The Balaban J connectivity index is 1.43. The molecular weight excluding hydrogens is 438 g/mol. The third kappa shape index (κ3) is 4.54. The number of likely N-dealkylation sites (tertiary alicyclic amines) is 1. The highest BCUT2D eigenvalue weighted by atomic mass is 32.1. The Hall–Kier alpha value is -3.46.